The van der Waals surface area contributed by atoms with E-state index >= 15 is 0 Å². The summed E-state index contributed by atoms with van der Waals surface area (Å²) in [5, 5.41) is 2.84. The van der Waals surface area contributed by atoms with Gasteiger partial charge in [-0.25, -0.2) is 0 Å². The van der Waals surface area contributed by atoms with Crippen LogP contribution in [-0.4, -0.2) is 32.1 Å². The molecule has 118 valence electrons. The zero-order valence-electron chi connectivity index (χ0n) is 12.8. The molecule has 0 unspecified atom stereocenters. The molecule has 1 amide bonds. The number of benzene rings is 1. The van der Waals surface area contributed by atoms with Crippen molar-refractivity contribution in [2.24, 2.45) is 0 Å². The zero-order chi connectivity index (χ0) is 16.2. The molecule has 0 bridgehead atoms. The fourth-order valence-electron chi connectivity index (χ4n) is 1.80. The van der Waals surface area contributed by atoms with Crippen LogP contribution in [0.1, 0.15) is 36.0 Å². The predicted octanol–water partition coefficient (Wildman–Crippen LogP) is 2.16. The van der Waals surface area contributed by atoms with Gasteiger partial charge in [-0.3, -0.25) is 9.59 Å². The summed E-state index contributed by atoms with van der Waals surface area (Å²) in [7, 11) is 1.38. The van der Waals surface area contributed by atoms with Crippen molar-refractivity contribution in [3.05, 3.63) is 29.8 Å². The lowest BCUT2D eigenvalue weighted by molar-refractivity contribution is -0.140. The van der Waals surface area contributed by atoms with Crippen LogP contribution in [0, 0.1) is 12.3 Å². The van der Waals surface area contributed by atoms with Crippen LogP contribution in [0.4, 0.5) is 0 Å². The van der Waals surface area contributed by atoms with Crippen LogP contribution >= 0.6 is 0 Å². The van der Waals surface area contributed by atoms with E-state index in [1.807, 2.05) is 0 Å². The number of hydrogen-bond donors (Lipinski definition) is 1. The minimum Gasteiger partial charge on any atom is -0.481 e. The Bertz CT molecular complexity index is 516. The Morgan fingerprint density at radius 2 is 1.91 bits per heavy atom. The summed E-state index contributed by atoms with van der Waals surface area (Å²) in [5.74, 6) is 2.69. The standard InChI is InChI=1S/C17H21NO4/c1-3-13-22-15-10-8-14(9-11-15)17(20)18-12-6-4-5-7-16(19)21-2/h1,8-11H,4-7,12-13H2,2H3,(H,18,20). The van der Waals surface area contributed by atoms with Gasteiger partial charge in [0, 0.05) is 18.5 Å². The second kappa shape index (κ2) is 10.3. The number of carbonyl (C=O) groups excluding carboxylic acids is 2. The summed E-state index contributed by atoms with van der Waals surface area (Å²) in [6.45, 7) is 0.784. The maximum atomic E-state index is 11.9. The molecule has 0 heterocycles. The maximum Gasteiger partial charge on any atom is 0.305 e. The van der Waals surface area contributed by atoms with Gasteiger partial charge >= 0.3 is 5.97 Å². The van der Waals surface area contributed by atoms with Gasteiger partial charge in [-0.1, -0.05) is 12.3 Å². The quantitative estimate of drug-likeness (QED) is 0.431. The topological polar surface area (TPSA) is 64.6 Å². The molecule has 5 heteroatoms. The number of nitrogens with one attached hydrogen (secondary N) is 1. The van der Waals surface area contributed by atoms with E-state index in [-0.39, 0.29) is 18.5 Å². The fraction of sp³-hybridized carbons (Fsp3) is 0.412. The summed E-state index contributed by atoms with van der Waals surface area (Å²) >= 11 is 0. The van der Waals surface area contributed by atoms with Gasteiger partial charge in [-0.2, -0.15) is 0 Å². The van der Waals surface area contributed by atoms with Crippen LogP contribution in [0.2, 0.25) is 0 Å². The first-order valence-electron chi connectivity index (χ1n) is 7.18. The minimum absolute atomic E-state index is 0.128. The van der Waals surface area contributed by atoms with Crippen LogP contribution < -0.4 is 10.1 Å². The zero-order valence-corrected chi connectivity index (χ0v) is 12.8. The van der Waals surface area contributed by atoms with Crippen LogP contribution in [0.25, 0.3) is 0 Å². The Labute approximate surface area is 131 Å². The van der Waals surface area contributed by atoms with E-state index in [4.69, 9.17) is 11.2 Å². The highest BCUT2D eigenvalue weighted by Crippen LogP contribution is 2.12. The molecular formula is C17H21NO4. The fourth-order valence-corrected chi connectivity index (χ4v) is 1.80. The predicted molar refractivity (Wildman–Crippen MR) is 83.6 cm³/mol. The molecule has 1 N–H and O–H groups in total. The Balaban J connectivity index is 2.22. The first kappa shape index (κ1) is 17.6. The third kappa shape index (κ3) is 6.80. The molecule has 0 aliphatic carbocycles. The van der Waals surface area contributed by atoms with E-state index in [9.17, 15) is 9.59 Å². The van der Waals surface area contributed by atoms with Gasteiger partial charge in [0.1, 0.15) is 12.4 Å². The third-order valence-corrected chi connectivity index (χ3v) is 3.01. The summed E-state index contributed by atoms with van der Waals surface area (Å²) < 4.78 is 9.80. The molecule has 0 aromatic heterocycles. The largest absolute Gasteiger partial charge is 0.481 e. The Hall–Kier alpha value is -2.48. The first-order chi connectivity index (χ1) is 10.7. The molecule has 22 heavy (non-hydrogen) atoms. The number of unbranched alkanes of at least 4 members (excludes halogenated alkanes) is 2. The molecule has 0 spiro atoms. The van der Waals surface area contributed by atoms with Crippen LogP contribution in [0.15, 0.2) is 24.3 Å². The van der Waals surface area contributed by atoms with E-state index in [0.717, 1.165) is 19.3 Å². The minimum atomic E-state index is -0.198. The molecule has 0 atom stereocenters. The van der Waals surface area contributed by atoms with E-state index in [1.54, 1.807) is 24.3 Å². The Morgan fingerprint density at radius 3 is 2.55 bits per heavy atom. The van der Waals surface area contributed by atoms with Crippen LogP contribution in [-0.2, 0) is 9.53 Å². The molecular weight excluding hydrogens is 282 g/mol. The lowest BCUT2D eigenvalue weighted by atomic mass is 10.2. The van der Waals surface area contributed by atoms with Crippen molar-refractivity contribution < 1.29 is 19.1 Å². The number of terminal acetylenes is 1. The molecule has 0 fully saturated rings. The second-order valence-electron chi connectivity index (χ2n) is 4.66. The van der Waals surface area contributed by atoms with Crippen molar-refractivity contribution in [3.63, 3.8) is 0 Å². The normalized spacial score (nSPS) is 9.64. The average Bonchev–Trinajstić information content (AvgIpc) is 2.56. The molecule has 0 aliphatic heterocycles. The summed E-state index contributed by atoms with van der Waals surface area (Å²) in [4.78, 5) is 22.8. The van der Waals surface area contributed by atoms with Gasteiger partial charge in [0.25, 0.3) is 5.91 Å². The van der Waals surface area contributed by atoms with Gasteiger partial charge < -0.3 is 14.8 Å². The highest BCUT2D eigenvalue weighted by Gasteiger charge is 2.05. The number of esters is 1. The molecule has 0 radical (unpaired) electrons. The van der Waals surface area contributed by atoms with E-state index < -0.39 is 0 Å². The van der Waals surface area contributed by atoms with Gasteiger partial charge in [0.15, 0.2) is 0 Å². The SMILES string of the molecule is C#CCOc1ccc(C(=O)NCCCCCC(=O)OC)cc1. The monoisotopic (exact) mass is 303 g/mol. The van der Waals surface area contributed by atoms with Crippen LogP contribution in [0.5, 0.6) is 5.75 Å². The Kier molecular flexibility index (Phi) is 8.21. The molecule has 1 aromatic carbocycles. The molecule has 5 nitrogen and oxygen atoms in total. The third-order valence-electron chi connectivity index (χ3n) is 3.01. The van der Waals surface area contributed by atoms with E-state index in [2.05, 4.69) is 16.0 Å². The highest BCUT2D eigenvalue weighted by atomic mass is 16.5. The van der Waals surface area contributed by atoms with Crippen molar-refractivity contribution in [2.75, 3.05) is 20.3 Å². The number of rotatable bonds is 9. The number of methoxy groups -OCH3 is 1. The van der Waals surface area contributed by atoms with Gasteiger partial charge in [0.05, 0.1) is 7.11 Å². The number of amides is 1. The second-order valence-corrected chi connectivity index (χ2v) is 4.66. The van der Waals surface area contributed by atoms with Crippen molar-refractivity contribution in [2.45, 2.75) is 25.7 Å². The van der Waals surface area contributed by atoms with Crippen LogP contribution in [0.3, 0.4) is 0 Å². The van der Waals surface area contributed by atoms with Crippen molar-refractivity contribution >= 4 is 11.9 Å². The molecule has 1 rings (SSSR count). The van der Waals surface area contributed by atoms with Gasteiger partial charge in [0.2, 0.25) is 0 Å². The highest BCUT2D eigenvalue weighted by molar-refractivity contribution is 5.94. The Morgan fingerprint density at radius 1 is 1.18 bits per heavy atom. The summed E-state index contributed by atoms with van der Waals surface area (Å²) in [6.07, 6.45) is 7.99. The van der Waals surface area contributed by atoms with Crippen molar-refractivity contribution in [3.8, 4) is 18.1 Å². The molecule has 0 saturated heterocycles. The van der Waals surface area contributed by atoms with Crippen molar-refractivity contribution in [1.82, 2.24) is 5.32 Å². The lowest BCUT2D eigenvalue weighted by Crippen LogP contribution is -2.24. The van der Waals surface area contributed by atoms with Gasteiger partial charge in [-0.15, -0.1) is 6.42 Å². The summed E-state index contributed by atoms with van der Waals surface area (Å²) in [5.41, 5.74) is 0.572. The van der Waals surface area contributed by atoms with E-state index in [0.29, 0.717) is 24.3 Å². The number of hydrogen-bond acceptors (Lipinski definition) is 4. The average molecular weight is 303 g/mol. The first-order valence-corrected chi connectivity index (χ1v) is 7.18. The summed E-state index contributed by atoms with van der Waals surface area (Å²) in [6, 6.07) is 6.81. The smallest absolute Gasteiger partial charge is 0.305 e. The van der Waals surface area contributed by atoms with Crippen molar-refractivity contribution in [1.29, 1.82) is 0 Å². The molecule has 0 aliphatic rings. The van der Waals surface area contributed by atoms with E-state index in [1.165, 1.54) is 7.11 Å². The lowest BCUT2D eigenvalue weighted by Gasteiger charge is -2.06. The van der Waals surface area contributed by atoms with Gasteiger partial charge in [-0.05, 0) is 37.1 Å². The molecule has 1 aromatic rings. The number of carbonyl (C=O) groups is 2. The molecule has 0 saturated carbocycles. The number of ether oxygens (including phenoxy) is 2. The maximum absolute atomic E-state index is 11.9.